The molecule has 0 saturated heterocycles. The van der Waals surface area contributed by atoms with Crippen molar-refractivity contribution in [2.24, 2.45) is 0 Å². The lowest BCUT2D eigenvalue weighted by molar-refractivity contribution is 1.12. The number of fused-ring (bicyclic) bond motifs is 1. The monoisotopic (exact) mass is 294 g/mol. The third kappa shape index (κ3) is 1.50. The summed E-state index contributed by atoms with van der Waals surface area (Å²) in [5, 5.41) is 8.26. The lowest BCUT2D eigenvalue weighted by Crippen LogP contribution is -1.90. The van der Waals surface area contributed by atoms with Crippen LogP contribution >= 0.6 is 27.3 Å². The van der Waals surface area contributed by atoms with Gasteiger partial charge in [0.2, 0.25) is 0 Å². The number of nitrogen functional groups attached to an aromatic ring is 1. The predicted molar refractivity (Wildman–Crippen MR) is 68.4 cm³/mol. The van der Waals surface area contributed by atoms with Crippen molar-refractivity contribution in [2.75, 3.05) is 5.73 Å². The van der Waals surface area contributed by atoms with Crippen LogP contribution in [0.4, 0.5) is 5.69 Å². The van der Waals surface area contributed by atoms with Gasteiger partial charge in [-0.2, -0.15) is 0 Å². The molecule has 6 heteroatoms. The number of hydrogen-bond acceptors (Lipinski definition) is 4. The Bertz CT molecular complexity index is 658. The molecular weight excluding hydrogens is 288 g/mol. The second kappa shape index (κ2) is 3.57. The topological polar surface area (TPSA) is 56.2 Å². The first kappa shape index (κ1) is 9.80. The van der Waals surface area contributed by atoms with Gasteiger partial charge in [0.05, 0.1) is 8.66 Å². The lowest BCUT2D eigenvalue weighted by Gasteiger charge is -1.97. The summed E-state index contributed by atoms with van der Waals surface area (Å²) in [6.45, 7) is 0. The van der Waals surface area contributed by atoms with Gasteiger partial charge in [0, 0.05) is 18.0 Å². The summed E-state index contributed by atoms with van der Waals surface area (Å²) in [7, 11) is 0. The van der Waals surface area contributed by atoms with Crippen LogP contribution in [0, 0.1) is 0 Å². The molecule has 3 rings (SSSR count). The molecule has 0 amide bonds. The molecule has 0 atom stereocenters. The Morgan fingerprint density at radius 3 is 2.88 bits per heavy atom. The summed E-state index contributed by atoms with van der Waals surface area (Å²) in [6, 6.07) is 7.65. The normalized spacial score (nSPS) is 11.1. The zero-order chi connectivity index (χ0) is 11.1. The van der Waals surface area contributed by atoms with Crippen molar-refractivity contribution in [3.05, 3.63) is 34.2 Å². The van der Waals surface area contributed by atoms with Gasteiger partial charge in [-0.3, -0.25) is 4.40 Å². The highest BCUT2D eigenvalue weighted by atomic mass is 79.9. The molecule has 4 nitrogen and oxygen atoms in total. The van der Waals surface area contributed by atoms with E-state index in [1.165, 1.54) is 0 Å². The number of halogens is 1. The molecular formula is C10H7BrN4S. The average molecular weight is 295 g/mol. The van der Waals surface area contributed by atoms with Crippen LogP contribution < -0.4 is 5.73 Å². The second-order valence-corrected chi connectivity index (χ2v) is 5.78. The van der Waals surface area contributed by atoms with E-state index in [0.717, 1.165) is 20.1 Å². The molecule has 0 aromatic carbocycles. The van der Waals surface area contributed by atoms with Crippen LogP contribution in [0.25, 0.3) is 16.3 Å². The molecule has 16 heavy (non-hydrogen) atoms. The molecule has 0 aliphatic carbocycles. The molecule has 0 spiro atoms. The highest BCUT2D eigenvalue weighted by Crippen LogP contribution is 2.30. The summed E-state index contributed by atoms with van der Waals surface area (Å²) in [5.74, 6) is 0.839. The van der Waals surface area contributed by atoms with Crippen LogP contribution in [0.1, 0.15) is 0 Å². The molecule has 0 fully saturated rings. The van der Waals surface area contributed by atoms with Crippen molar-refractivity contribution in [2.45, 2.75) is 0 Å². The van der Waals surface area contributed by atoms with Crippen molar-refractivity contribution in [3.63, 3.8) is 0 Å². The molecule has 0 aliphatic rings. The second-order valence-electron chi connectivity index (χ2n) is 3.32. The van der Waals surface area contributed by atoms with E-state index in [2.05, 4.69) is 26.1 Å². The van der Waals surface area contributed by atoms with Crippen molar-refractivity contribution in [1.29, 1.82) is 0 Å². The lowest BCUT2D eigenvalue weighted by atomic mass is 10.4. The van der Waals surface area contributed by atoms with Gasteiger partial charge in [-0.15, -0.1) is 21.5 Å². The Morgan fingerprint density at radius 1 is 1.25 bits per heavy atom. The Labute approximate surface area is 104 Å². The molecule has 2 N–H and O–H groups in total. The molecule has 0 radical (unpaired) electrons. The van der Waals surface area contributed by atoms with Gasteiger partial charge >= 0.3 is 0 Å². The maximum absolute atomic E-state index is 5.69. The molecule has 3 heterocycles. The van der Waals surface area contributed by atoms with Crippen LogP contribution in [-0.2, 0) is 0 Å². The fourth-order valence-electron chi connectivity index (χ4n) is 1.51. The maximum atomic E-state index is 5.69. The van der Waals surface area contributed by atoms with E-state index in [1.807, 2.05) is 28.8 Å². The number of anilines is 1. The van der Waals surface area contributed by atoms with Crippen LogP contribution in [0.5, 0.6) is 0 Å². The third-order valence-electron chi connectivity index (χ3n) is 2.23. The highest BCUT2D eigenvalue weighted by Gasteiger charge is 2.09. The Balaban J connectivity index is 2.25. The number of aromatic nitrogens is 3. The zero-order valence-corrected chi connectivity index (χ0v) is 10.5. The minimum Gasteiger partial charge on any atom is -0.399 e. The Hall–Kier alpha value is -1.40. The minimum atomic E-state index is 0.693. The first-order chi connectivity index (χ1) is 7.74. The van der Waals surface area contributed by atoms with Gasteiger partial charge in [0.15, 0.2) is 11.5 Å². The van der Waals surface area contributed by atoms with Crippen molar-refractivity contribution >= 4 is 38.6 Å². The van der Waals surface area contributed by atoms with Crippen LogP contribution in [0.15, 0.2) is 34.2 Å². The third-order valence-corrected chi connectivity index (χ3v) is 3.85. The van der Waals surface area contributed by atoms with Crippen molar-refractivity contribution in [3.8, 4) is 10.7 Å². The zero-order valence-electron chi connectivity index (χ0n) is 8.09. The SMILES string of the molecule is Nc1ccn2c(-c3ccc(Br)s3)nnc2c1. The fraction of sp³-hybridized carbons (Fsp3) is 0. The van der Waals surface area contributed by atoms with E-state index in [4.69, 9.17) is 5.73 Å². The summed E-state index contributed by atoms with van der Waals surface area (Å²) >= 11 is 5.06. The molecule has 0 bridgehead atoms. The quantitative estimate of drug-likeness (QED) is 0.751. The van der Waals surface area contributed by atoms with Gasteiger partial charge in [-0.1, -0.05) is 0 Å². The smallest absolute Gasteiger partial charge is 0.178 e. The van der Waals surface area contributed by atoms with E-state index in [-0.39, 0.29) is 0 Å². The van der Waals surface area contributed by atoms with Gasteiger partial charge in [-0.05, 0) is 34.1 Å². The highest BCUT2D eigenvalue weighted by molar-refractivity contribution is 9.11. The summed E-state index contributed by atoms with van der Waals surface area (Å²) in [6.07, 6.45) is 1.88. The van der Waals surface area contributed by atoms with Crippen LogP contribution in [-0.4, -0.2) is 14.6 Å². The number of nitrogens with zero attached hydrogens (tertiary/aromatic N) is 3. The molecule has 0 saturated carbocycles. The number of rotatable bonds is 1. The standard InChI is InChI=1S/C10H7BrN4S/c11-8-2-1-7(16-8)10-14-13-9-5-6(12)3-4-15(9)10/h1-5H,12H2. The van der Waals surface area contributed by atoms with Gasteiger partial charge < -0.3 is 5.73 Å². The molecule has 80 valence electrons. The Morgan fingerprint density at radius 2 is 2.12 bits per heavy atom. The minimum absolute atomic E-state index is 0.693. The van der Waals surface area contributed by atoms with Gasteiger partial charge in [0.1, 0.15) is 0 Å². The van der Waals surface area contributed by atoms with E-state index in [0.29, 0.717) is 5.69 Å². The maximum Gasteiger partial charge on any atom is 0.178 e. The summed E-state index contributed by atoms with van der Waals surface area (Å²) in [4.78, 5) is 1.07. The average Bonchev–Trinajstić information content (AvgIpc) is 2.83. The molecule has 0 unspecified atom stereocenters. The number of nitrogens with two attached hydrogens (primary N) is 1. The first-order valence-corrected chi connectivity index (χ1v) is 6.21. The predicted octanol–water partition coefficient (Wildman–Crippen LogP) is 2.80. The number of thiophene rings is 1. The first-order valence-electron chi connectivity index (χ1n) is 4.60. The van der Waals surface area contributed by atoms with E-state index in [9.17, 15) is 0 Å². The van der Waals surface area contributed by atoms with Crippen molar-refractivity contribution < 1.29 is 0 Å². The summed E-state index contributed by atoms with van der Waals surface area (Å²) < 4.78 is 3.00. The molecule has 3 aromatic rings. The summed E-state index contributed by atoms with van der Waals surface area (Å²) in [5.41, 5.74) is 7.15. The Kier molecular flexibility index (Phi) is 2.19. The number of pyridine rings is 1. The van der Waals surface area contributed by atoms with Crippen LogP contribution in [0.3, 0.4) is 0 Å². The number of hydrogen-bond donors (Lipinski definition) is 1. The largest absolute Gasteiger partial charge is 0.399 e. The van der Waals surface area contributed by atoms with E-state index in [1.54, 1.807) is 17.4 Å². The van der Waals surface area contributed by atoms with Crippen molar-refractivity contribution in [1.82, 2.24) is 14.6 Å². The molecule has 3 aromatic heterocycles. The fourth-order valence-corrected chi connectivity index (χ4v) is 2.88. The molecule has 0 aliphatic heterocycles. The van der Waals surface area contributed by atoms with Gasteiger partial charge in [0.25, 0.3) is 0 Å². The van der Waals surface area contributed by atoms with Crippen LogP contribution in [0.2, 0.25) is 0 Å². The van der Waals surface area contributed by atoms with E-state index < -0.39 is 0 Å². The van der Waals surface area contributed by atoms with E-state index >= 15 is 0 Å². The van der Waals surface area contributed by atoms with Gasteiger partial charge in [-0.25, -0.2) is 0 Å².